The van der Waals surface area contributed by atoms with Crippen LogP contribution in [0.5, 0.6) is 0 Å². The van der Waals surface area contributed by atoms with Gasteiger partial charge in [-0.05, 0) is 25.3 Å². The minimum absolute atomic E-state index is 0.138. The van der Waals surface area contributed by atoms with Crippen molar-refractivity contribution in [3.63, 3.8) is 0 Å². The predicted molar refractivity (Wildman–Crippen MR) is 48.3 cm³/mol. The van der Waals surface area contributed by atoms with E-state index in [1.54, 1.807) is 0 Å². The molecule has 0 aromatic heterocycles. The van der Waals surface area contributed by atoms with Gasteiger partial charge in [-0.15, -0.1) is 0 Å². The van der Waals surface area contributed by atoms with Crippen LogP contribution >= 0.6 is 0 Å². The maximum atomic E-state index is 11.1. The van der Waals surface area contributed by atoms with E-state index in [2.05, 4.69) is 5.32 Å². The fourth-order valence-electron chi connectivity index (χ4n) is 2.75. The highest BCUT2D eigenvalue weighted by molar-refractivity contribution is 5.79. The quantitative estimate of drug-likeness (QED) is 0.527. The van der Waals surface area contributed by atoms with Crippen LogP contribution in [0.15, 0.2) is 0 Å². The summed E-state index contributed by atoms with van der Waals surface area (Å²) >= 11 is 0. The number of aliphatic carboxylic acids is 1. The molecule has 0 radical (unpaired) electrons. The average molecular weight is 184 g/mol. The van der Waals surface area contributed by atoms with Crippen molar-refractivity contribution in [2.24, 2.45) is 17.6 Å². The minimum Gasteiger partial charge on any atom is -0.480 e. The second-order valence-corrected chi connectivity index (χ2v) is 4.26. The number of hydrogen-bond acceptors (Lipinski definition) is 3. The molecule has 4 heteroatoms. The van der Waals surface area contributed by atoms with E-state index in [0.29, 0.717) is 12.3 Å². The fraction of sp³-hybridized carbons (Fsp3) is 0.889. The zero-order valence-electron chi connectivity index (χ0n) is 7.62. The van der Waals surface area contributed by atoms with Crippen molar-refractivity contribution in [2.45, 2.75) is 24.8 Å². The maximum absolute atomic E-state index is 11.1. The topological polar surface area (TPSA) is 75.4 Å². The summed E-state index contributed by atoms with van der Waals surface area (Å²) in [4.78, 5) is 11.1. The first-order valence-corrected chi connectivity index (χ1v) is 4.87. The van der Waals surface area contributed by atoms with Crippen molar-refractivity contribution in [1.29, 1.82) is 0 Å². The van der Waals surface area contributed by atoms with Crippen LogP contribution in [-0.2, 0) is 4.79 Å². The van der Waals surface area contributed by atoms with E-state index in [1.807, 2.05) is 0 Å². The molecule has 1 heterocycles. The van der Waals surface area contributed by atoms with E-state index in [0.717, 1.165) is 25.9 Å². The van der Waals surface area contributed by atoms with Gasteiger partial charge in [-0.25, -0.2) is 0 Å². The number of nitrogens with one attached hydrogen (secondary N) is 1. The first-order chi connectivity index (χ1) is 6.14. The molecule has 3 atom stereocenters. The summed E-state index contributed by atoms with van der Waals surface area (Å²) in [7, 11) is 0. The fourth-order valence-corrected chi connectivity index (χ4v) is 2.75. The van der Waals surface area contributed by atoms with Gasteiger partial charge in [0.15, 0.2) is 0 Å². The minimum atomic E-state index is -0.966. The summed E-state index contributed by atoms with van der Waals surface area (Å²) in [5.74, 6) is -0.209. The number of fused-ring (bicyclic) bond motifs is 1. The Balaban J connectivity index is 2.22. The van der Waals surface area contributed by atoms with Gasteiger partial charge in [0, 0.05) is 12.5 Å². The van der Waals surface area contributed by atoms with Gasteiger partial charge in [-0.2, -0.15) is 0 Å². The van der Waals surface area contributed by atoms with Gasteiger partial charge >= 0.3 is 5.97 Å². The molecule has 0 bridgehead atoms. The summed E-state index contributed by atoms with van der Waals surface area (Å²) in [5.41, 5.74) is 4.98. The lowest BCUT2D eigenvalue weighted by molar-refractivity contribution is -0.147. The van der Waals surface area contributed by atoms with Crippen LogP contribution in [0.25, 0.3) is 0 Å². The van der Waals surface area contributed by atoms with Gasteiger partial charge < -0.3 is 16.2 Å². The highest BCUT2D eigenvalue weighted by Crippen LogP contribution is 2.38. The smallest absolute Gasteiger partial charge is 0.324 e. The number of carboxylic acids is 1. The van der Waals surface area contributed by atoms with E-state index in [4.69, 9.17) is 10.8 Å². The Labute approximate surface area is 77.5 Å². The summed E-state index contributed by atoms with van der Waals surface area (Å²) in [6, 6.07) is 0. The largest absolute Gasteiger partial charge is 0.480 e. The zero-order valence-corrected chi connectivity index (χ0v) is 7.62. The lowest BCUT2D eigenvalue weighted by Gasteiger charge is -2.38. The Kier molecular flexibility index (Phi) is 2.04. The van der Waals surface area contributed by atoms with Crippen LogP contribution in [0.4, 0.5) is 0 Å². The molecule has 1 aliphatic heterocycles. The summed E-state index contributed by atoms with van der Waals surface area (Å²) in [5, 5.41) is 12.3. The molecule has 4 nitrogen and oxygen atoms in total. The normalized spacial score (nSPS) is 44.4. The Morgan fingerprint density at radius 1 is 1.54 bits per heavy atom. The molecule has 0 unspecified atom stereocenters. The zero-order chi connectivity index (χ0) is 9.47. The molecule has 0 amide bonds. The lowest BCUT2D eigenvalue weighted by Crippen LogP contribution is -2.58. The van der Waals surface area contributed by atoms with Crippen molar-refractivity contribution >= 4 is 5.97 Å². The van der Waals surface area contributed by atoms with Gasteiger partial charge in [0.05, 0.1) is 0 Å². The van der Waals surface area contributed by atoms with Crippen LogP contribution in [-0.4, -0.2) is 29.7 Å². The molecule has 1 saturated heterocycles. The van der Waals surface area contributed by atoms with Crippen molar-refractivity contribution in [2.75, 3.05) is 13.1 Å². The van der Waals surface area contributed by atoms with Crippen LogP contribution < -0.4 is 11.1 Å². The van der Waals surface area contributed by atoms with Gasteiger partial charge in [0.1, 0.15) is 5.54 Å². The van der Waals surface area contributed by atoms with E-state index in [-0.39, 0.29) is 5.92 Å². The number of carboxylic acid groups (broad SMARTS) is 1. The van der Waals surface area contributed by atoms with Crippen LogP contribution in [0.1, 0.15) is 19.3 Å². The number of rotatable bonds is 1. The van der Waals surface area contributed by atoms with Crippen molar-refractivity contribution < 1.29 is 9.90 Å². The molecule has 2 aliphatic rings. The number of carbonyl (C=O) groups is 1. The monoisotopic (exact) mass is 184 g/mol. The molecule has 4 N–H and O–H groups in total. The second kappa shape index (κ2) is 2.96. The van der Waals surface area contributed by atoms with Crippen LogP contribution in [0, 0.1) is 11.8 Å². The van der Waals surface area contributed by atoms with Gasteiger partial charge in [-0.3, -0.25) is 4.79 Å². The molecule has 0 aromatic carbocycles. The van der Waals surface area contributed by atoms with E-state index in [1.165, 1.54) is 0 Å². The van der Waals surface area contributed by atoms with Gasteiger partial charge in [0.25, 0.3) is 0 Å². The Hall–Kier alpha value is -0.610. The Morgan fingerprint density at radius 3 is 3.00 bits per heavy atom. The lowest BCUT2D eigenvalue weighted by atomic mass is 9.69. The second-order valence-electron chi connectivity index (χ2n) is 4.26. The highest BCUT2D eigenvalue weighted by Gasteiger charge is 2.49. The van der Waals surface area contributed by atoms with Crippen molar-refractivity contribution in [1.82, 2.24) is 5.32 Å². The number of hydrogen-bond donors (Lipinski definition) is 3. The summed E-state index contributed by atoms with van der Waals surface area (Å²) in [6.07, 6.45) is 2.71. The third kappa shape index (κ3) is 1.25. The molecule has 2 rings (SSSR count). The first-order valence-electron chi connectivity index (χ1n) is 4.87. The standard InChI is InChI=1S/C9H16N2O2/c10-9(8(12)13)3-1-2-6-4-11-5-7(6)9/h6-7,11H,1-5,10H2,(H,12,13)/t6-,7-,9-/m0/s1. The average Bonchev–Trinajstić information content (AvgIpc) is 2.53. The number of nitrogens with two attached hydrogens (primary N) is 1. The molecular weight excluding hydrogens is 168 g/mol. The third-order valence-electron chi connectivity index (χ3n) is 3.57. The molecule has 1 aliphatic carbocycles. The molecule has 74 valence electrons. The van der Waals surface area contributed by atoms with E-state index >= 15 is 0 Å². The molecular formula is C9H16N2O2. The highest BCUT2D eigenvalue weighted by atomic mass is 16.4. The molecule has 0 spiro atoms. The SMILES string of the molecule is N[C@@]1(C(=O)O)CCC[C@H]2CNC[C@@H]21. The van der Waals surface area contributed by atoms with Crippen molar-refractivity contribution in [3.05, 3.63) is 0 Å². The van der Waals surface area contributed by atoms with Crippen LogP contribution in [0.3, 0.4) is 0 Å². The van der Waals surface area contributed by atoms with Gasteiger partial charge in [0.2, 0.25) is 0 Å². The van der Waals surface area contributed by atoms with E-state index in [9.17, 15) is 4.79 Å². The van der Waals surface area contributed by atoms with E-state index < -0.39 is 11.5 Å². The molecule has 2 fully saturated rings. The summed E-state index contributed by atoms with van der Waals surface area (Å²) in [6.45, 7) is 1.71. The third-order valence-corrected chi connectivity index (χ3v) is 3.57. The molecule has 13 heavy (non-hydrogen) atoms. The maximum Gasteiger partial charge on any atom is 0.324 e. The first kappa shape index (κ1) is 8.97. The molecule has 0 aromatic rings. The summed E-state index contributed by atoms with van der Waals surface area (Å²) < 4.78 is 0. The predicted octanol–water partition coefficient (Wildman–Crippen LogP) is -0.212. The molecule has 1 saturated carbocycles. The van der Waals surface area contributed by atoms with Crippen molar-refractivity contribution in [3.8, 4) is 0 Å². The van der Waals surface area contributed by atoms with Gasteiger partial charge in [-0.1, -0.05) is 6.42 Å². The Bertz CT molecular complexity index is 232. The van der Waals surface area contributed by atoms with Crippen LogP contribution in [0.2, 0.25) is 0 Å². The Morgan fingerprint density at radius 2 is 2.31 bits per heavy atom.